The zero-order chi connectivity index (χ0) is 9.68. The largest absolute Gasteiger partial charge is 0.366 e. The van der Waals surface area contributed by atoms with Gasteiger partial charge in [-0.3, -0.25) is 4.79 Å². The van der Waals surface area contributed by atoms with Crippen LogP contribution in [0.25, 0.3) is 6.08 Å². The van der Waals surface area contributed by atoms with Gasteiger partial charge < -0.3 is 10.7 Å². The van der Waals surface area contributed by atoms with Gasteiger partial charge in [-0.25, -0.2) is 4.98 Å². The molecule has 0 saturated carbocycles. The molecule has 0 aliphatic carbocycles. The third kappa shape index (κ3) is 2.59. The third-order valence-corrected chi connectivity index (χ3v) is 1.54. The van der Waals surface area contributed by atoms with Gasteiger partial charge in [-0.1, -0.05) is 6.08 Å². The number of aromatic amines is 1. The van der Waals surface area contributed by atoms with Gasteiger partial charge in [-0.15, -0.1) is 0 Å². The molecule has 0 aliphatic rings. The number of imidazole rings is 1. The Morgan fingerprint density at radius 2 is 2.46 bits per heavy atom. The predicted octanol–water partition coefficient (Wildman–Crippen LogP) is 0.855. The summed E-state index contributed by atoms with van der Waals surface area (Å²) in [6, 6.07) is 0. The Morgan fingerprint density at radius 3 is 2.92 bits per heavy atom. The number of aromatic nitrogens is 2. The van der Waals surface area contributed by atoms with E-state index in [0.29, 0.717) is 11.4 Å². The highest BCUT2D eigenvalue weighted by Gasteiger charge is 1.97. The first kappa shape index (κ1) is 9.25. The molecule has 0 spiro atoms. The number of amides is 1. The SMILES string of the molecule is C/C=C(\C=C/c1ncc[nH]1)C(N)=O. The van der Waals surface area contributed by atoms with Crippen LogP contribution in [0.15, 0.2) is 30.1 Å². The molecule has 4 heteroatoms. The molecular formula is C9H11N3O. The Morgan fingerprint density at radius 1 is 1.69 bits per heavy atom. The predicted molar refractivity (Wildman–Crippen MR) is 50.6 cm³/mol. The second kappa shape index (κ2) is 4.25. The summed E-state index contributed by atoms with van der Waals surface area (Å²) in [4.78, 5) is 17.6. The second-order valence-electron chi connectivity index (χ2n) is 2.42. The summed E-state index contributed by atoms with van der Waals surface area (Å²) in [5.41, 5.74) is 5.57. The fourth-order valence-electron chi connectivity index (χ4n) is 0.858. The minimum atomic E-state index is -0.440. The molecule has 1 aromatic rings. The summed E-state index contributed by atoms with van der Waals surface area (Å²) < 4.78 is 0. The van der Waals surface area contributed by atoms with Gasteiger partial charge in [-0.05, 0) is 19.1 Å². The van der Waals surface area contributed by atoms with Crippen LogP contribution in [0.3, 0.4) is 0 Å². The lowest BCUT2D eigenvalue weighted by molar-refractivity contribution is -0.114. The molecule has 68 valence electrons. The first-order valence-corrected chi connectivity index (χ1v) is 3.87. The maximum Gasteiger partial charge on any atom is 0.248 e. The van der Waals surface area contributed by atoms with Crippen molar-refractivity contribution in [1.29, 1.82) is 0 Å². The molecule has 0 aliphatic heterocycles. The third-order valence-electron chi connectivity index (χ3n) is 1.54. The lowest BCUT2D eigenvalue weighted by atomic mass is 10.2. The van der Waals surface area contributed by atoms with Gasteiger partial charge in [-0.2, -0.15) is 0 Å². The van der Waals surface area contributed by atoms with Crippen LogP contribution >= 0.6 is 0 Å². The van der Waals surface area contributed by atoms with Gasteiger partial charge in [0.1, 0.15) is 5.82 Å². The van der Waals surface area contributed by atoms with E-state index < -0.39 is 5.91 Å². The fraction of sp³-hybridized carbons (Fsp3) is 0.111. The van der Waals surface area contributed by atoms with Crippen LogP contribution in [0.4, 0.5) is 0 Å². The van der Waals surface area contributed by atoms with Crippen molar-refractivity contribution < 1.29 is 4.79 Å². The van der Waals surface area contributed by atoms with Crippen LogP contribution < -0.4 is 5.73 Å². The molecule has 0 radical (unpaired) electrons. The first-order valence-electron chi connectivity index (χ1n) is 3.87. The Bertz CT molecular complexity index is 336. The number of carbonyl (C=O) groups is 1. The summed E-state index contributed by atoms with van der Waals surface area (Å²) >= 11 is 0. The van der Waals surface area contributed by atoms with Crippen LogP contribution in [0.5, 0.6) is 0 Å². The Hall–Kier alpha value is -1.84. The number of hydrogen-bond donors (Lipinski definition) is 2. The van der Waals surface area contributed by atoms with Crippen molar-refractivity contribution in [2.24, 2.45) is 5.73 Å². The van der Waals surface area contributed by atoms with Crippen molar-refractivity contribution in [3.8, 4) is 0 Å². The average Bonchev–Trinajstić information content (AvgIpc) is 2.57. The number of primary amides is 1. The van der Waals surface area contributed by atoms with Gasteiger partial charge in [0.15, 0.2) is 0 Å². The number of H-pyrrole nitrogens is 1. The highest BCUT2D eigenvalue weighted by atomic mass is 16.1. The number of carbonyl (C=O) groups excluding carboxylic acids is 1. The topological polar surface area (TPSA) is 71.8 Å². The van der Waals surface area contributed by atoms with E-state index in [-0.39, 0.29) is 0 Å². The second-order valence-corrected chi connectivity index (χ2v) is 2.42. The van der Waals surface area contributed by atoms with Crippen molar-refractivity contribution in [2.75, 3.05) is 0 Å². The maximum atomic E-state index is 10.8. The van der Waals surface area contributed by atoms with E-state index >= 15 is 0 Å². The number of nitrogens with one attached hydrogen (secondary N) is 1. The lowest BCUT2D eigenvalue weighted by Gasteiger charge is -1.91. The van der Waals surface area contributed by atoms with E-state index in [4.69, 9.17) is 5.73 Å². The maximum absolute atomic E-state index is 10.8. The molecular weight excluding hydrogens is 166 g/mol. The zero-order valence-corrected chi connectivity index (χ0v) is 7.32. The highest BCUT2D eigenvalue weighted by molar-refractivity contribution is 5.95. The standard InChI is InChI=1S/C9H11N3O/c1-2-7(9(10)13)3-4-8-11-5-6-12-8/h2-6H,1H3,(H2,10,13)(H,11,12)/b4-3-,7-2+. The van der Waals surface area contributed by atoms with E-state index in [1.54, 1.807) is 37.5 Å². The van der Waals surface area contributed by atoms with Crippen molar-refractivity contribution in [3.63, 3.8) is 0 Å². The monoisotopic (exact) mass is 177 g/mol. The molecule has 13 heavy (non-hydrogen) atoms. The van der Waals surface area contributed by atoms with Crippen LogP contribution in [0.2, 0.25) is 0 Å². The quantitative estimate of drug-likeness (QED) is 0.530. The first-order chi connectivity index (χ1) is 6.24. The molecule has 1 rings (SSSR count). The van der Waals surface area contributed by atoms with Gasteiger partial charge in [0, 0.05) is 18.0 Å². The molecule has 1 heterocycles. The van der Waals surface area contributed by atoms with Crippen molar-refractivity contribution in [1.82, 2.24) is 9.97 Å². The van der Waals surface area contributed by atoms with Gasteiger partial charge in [0.05, 0.1) is 0 Å². The zero-order valence-electron chi connectivity index (χ0n) is 7.32. The number of hydrogen-bond acceptors (Lipinski definition) is 2. The molecule has 0 unspecified atom stereocenters. The molecule has 4 nitrogen and oxygen atoms in total. The molecule has 0 atom stereocenters. The van der Waals surface area contributed by atoms with Crippen molar-refractivity contribution in [2.45, 2.75) is 6.92 Å². The molecule has 0 aromatic carbocycles. The fourth-order valence-corrected chi connectivity index (χ4v) is 0.858. The minimum Gasteiger partial charge on any atom is -0.366 e. The van der Waals surface area contributed by atoms with Crippen LogP contribution in [-0.4, -0.2) is 15.9 Å². The lowest BCUT2D eigenvalue weighted by Crippen LogP contribution is -2.11. The molecule has 1 aromatic heterocycles. The summed E-state index contributed by atoms with van der Waals surface area (Å²) in [7, 11) is 0. The van der Waals surface area contributed by atoms with E-state index in [1.165, 1.54) is 0 Å². The Balaban J connectivity index is 2.73. The molecule has 0 fully saturated rings. The minimum absolute atomic E-state index is 0.440. The summed E-state index contributed by atoms with van der Waals surface area (Å²) in [5.74, 6) is 0.255. The summed E-state index contributed by atoms with van der Waals surface area (Å²) in [6.45, 7) is 1.76. The number of allylic oxidation sites excluding steroid dienone is 1. The summed E-state index contributed by atoms with van der Waals surface area (Å²) in [5, 5.41) is 0. The smallest absolute Gasteiger partial charge is 0.248 e. The van der Waals surface area contributed by atoms with E-state index in [1.807, 2.05) is 0 Å². The number of nitrogens with two attached hydrogens (primary N) is 1. The van der Waals surface area contributed by atoms with Crippen LogP contribution in [0, 0.1) is 0 Å². The molecule has 1 amide bonds. The summed E-state index contributed by atoms with van der Waals surface area (Å²) in [6.07, 6.45) is 8.32. The normalized spacial score (nSPS) is 12.2. The number of nitrogens with zero attached hydrogens (tertiary/aromatic N) is 1. The van der Waals surface area contributed by atoms with E-state index in [2.05, 4.69) is 9.97 Å². The van der Waals surface area contributed by atoms with E-state index in [0.717, 1.165) is 0 Å². The molecule has 3 N–H and O–H groups in total. The van der Waals surface area contributed by atoms with Crippen LogP contribution in [0.1, 0.15) is 12.7 Å². The molecule has 0 saturated heterocycles. The van der Waals surface area contributed by atoms with E-state index in [9.17, 15) is 4.79 Å². The van der Waals surface area contributed by atoms with Gasteiger partial charge >= 0.3 is 0 Å². The average molecular weight is 177 g/mol. The van der Waals surface area contributed by atoms with Crippen LogP contribution in [-0.2, 0) is 4.79 Å². The van der Waals surface area contributed by atoms with Gasteiger partial charge in [0.25, 0.3) is 0 Å². The van der Waals surface area contributed by atoms with Crippen molar-refractivity contribution in [3.05, 3.63) is 35.9 Å². The number of rotatable bonds is 3. The Kier molecular flexibility index (Phi) is 3.03. The highest BCUT2D eigenvalue weighted by Crippen LogP contribution is 1.99. The Labute approximate surface area is 76.2 Å². The molecule has 0 bridgehead atoms. The van der Waals surface area contributed by atoms with Gasteiger partial charge in [0.2, 0.25) is 5.91 Å². The van der Waals surface area contributed by atoms with Crippen molar-refractivity contribution >= 4 is 12.0 Å².